The fourth-order valence-corrected chi connectivity index (χ4v) is 2.68. The highest BCUT2D eigenvalue weighted by Gasteiger charge is 2.32. The first-order valence-corrected chi connectivity index (χ1v) is 6.52. The molecule has 2 atom stereocenters. The van der Waals surface area contributed by atoms with E-state index < -0.39 is 0 Å². The average molecular weight is 233 g/mol. The van der Waals surface area contributed by atoms with Gasteiger partial charge in [0.15, 0.2) is 0 Å². The smallest absolute Gasteiger partial charge is 0.132 e. The van der Waals surface area contributed by atoms with Gasteiger partial charge < -0.3 is 14.4 Å². The quantitative estimate of drug-likeness (QED) is 0.801. The van der Waals surface area contributed by atoms with Crippen LogP contribution in [0.1, 0.15) is 25.7 Å². The Morgan fingerprint density at radius 1 is 0.882 bits per heavy atom. The van der Waals surface area contributed by atoms with Crippen molar-refractivity contribution in [3.8, 4) is 0 Å². The lowest BCUT2D eigenvalue weighted by molar-refractivity contribution is 0.0396. The van der Waals surface area contributed by atoms with E-state index in [2.05, 4.69) is 29.2 Å². The molecule has 3 nitrogen and oxygen atoms in total. The lowest BCUT2D eigenvalue weighted by Gasteiger charge is -2.34. The second-order valence-corrected chi connectivity index (χ2v) is 4.68. The fourth-order valence-electron chi connectivity index (χ4n) is 2.68. The summed E-state index contributed by atoms with van der Waals surface area (Å²) in [6, 6.07) is 10.5. The van der Waals surface area contributed by atoms with Crippen LogP contribution >= 0.6 is 0 Å². The van der Waals surface area contributed by atoms with Gasteiger partial charge in [-0.15, -0.1) is 0 Å². The van der Waals surface area contributed by atoms with Crippen LogP contribution in [0.2, 0.25) is 0 Å². The normalized spacial score (nSPS) is 28.5. The van der Waals surface area contributed by atoms with Gasteiger partial charge in [0.25, 0.3) is 0 Å². The van der Waals surface area contributed by atoms with Crippen LogP contribution in [-0.4, -0.2) is 25.7 Å². The van der Waals surface area contributed by atoms with Crippen molar-refractivity contribution in [3.05, 3.63) is 30.3 Å². The number of hydrogen-bond donors (Lipinski definition) is 0. The molecule has 2 saturated heterocycles. The number of ether oxygens (including phenoxy) is 2. The minimum atomic E-state index is 0.195. The van der Waals surface area contributed by atoms with Gasteiger partial charge in [-0.05, 0) is 37.8 Å². The number of anilines is 1. The van der Waals surface area contributed by atoms with E-state index in [0.29, 0.717) is 0 Å². The highest BCUT2D eigenvalue weighted by molar-refractivity contribution is 5.47. The molecule has 2 heterocycles. The molecular weight excluding hydrogens is 214 g/mol. The molecule has 17 heavy (non-hydrogen) atoms. The van der Waals surface area contributed by atoms with Crippen molar-refractivity contribution in [3.63, 3.8) is 0 Å². The lowest BCUT2D eigenvalue weighted by Crippen LogP contribution is -2.43. The molecule has 0 spiro atoms. The monoisotopic (exact) mass is 233 g/mol. The van der Waals surface area contributed by atoms with Crippen LogP contribution in [0.3, 0.4) is 0 Å². The Kier molecular flexibility index (Phi) is 3.29. The summed E-state index contributed by atoms with van der Waals surface area (Å²) in [5.74, 6) is 0. The van der Waals surface area contributed by atoms with Crippen molar-refractivity contribution >= 4 is 5.69 Å². The third-order valence-corrected chi connectivity index (χ3v) is 3.49. The number of rotatable bonds is 3. The molecule has 1 aromatic rings. The van der Waals surface area contributed by atoms with E-state index in [-0.39, 0.29) is 12.5 Å². The molecule has 0 aliphatic carbocycles. The topological polar surface area (TPSA) is 21.7 Å². The van der Waals surface area contributed by atoms with Crippen LogP contribution in [0, 0.1) is 0 Å². The zero-order chi connectivity index (χ0) is 11.5. The van der Waals surface area contributed by atoms with E-state index in [4.69, 9.17) is 9.47 Å². The van der Waals surface area contributed by atoms with Gasteiger partial charge in [0.05, 0.1) is 0 Å². The van der Waals surface area contributed by atoms with Crippen molar-refractivity contribution < 1.29 is 9.47 Å². The molecule has 0 N–H and O–H groups in total. The number of hydrogen-bond acceptors (Lipinski definition) is 3. The van der Waals surface area contributed by atoms with E-state index in [9.17, 15) is 0 Å². The Morgan fingerprint density at radius 2 is 1.47 bits per heavy atom. The molecule has 0 aromatic heterocycles. The minimum Gasteiger partial charge on any atom is -0.358 e. The average Bonchev–Trinajstić information content (AvgIpc) is 3.04. The number of benzene rings is 1. The number of para-hydroxylation sites is 1. The summed E-state index contributed by atoms with van der Waals surface area (Å²) in [5, 5.41) is 0. The van der Waals surface area contributed by atoms with Crippen molar-refractivity contribution in [1.82, 2.24) is 0 Å². The van der Waals surface area contributed by atoms with E-state index in [1.54, 1.807) is 0 Å². The van der Waals surface area contributed by atoms with Crippen molar-refractivity contribution in [1.29, 1.82) is 0 Å². The SMILES string of the molecule is c1ccc(N(C2CCCO2)C2CCCO2)cc1. The second kappa shape index (κ2) is 5.07. The highest BCUT2D eigenvalue weighted by Crippen LogP contribution is 2.30. The summed E-state index contributed by atoms with van der Waals surface area (Å²) >= 11 is 0. The molecule has 92 valence electrons. The molecule has 1 aromatic carbocycles. The van der Waals surface area contributed by atoms with Crippen LogP contribution in [0.5, 0.6) is 0 Å². The van der Waals surface area contributed by atoms with Crippen LogP contribution in [0.25, 0.3) is 0 Å². The third kappa shape index (κ3) is 2.31. The zero-order valence-corrected chi connectivity index (χ0v) is 10.0. The zero-order valence-electron chi connectivity index (χ0n) is 10.0. The van der Waals surface area contributed by atoms with Crippen LogP contribution < -0.4 is 4.90 Å². The third-order valence-electron chi connectivity index (χ3n) is 3.49. The Morgan fingerprint density at radius 3 is 1.94 bits per heavy atom. The summed E-state index contributed by atoms with van der Waals surface area (Å²) in [6.07, 6.45) is 4.91. The largest absolute Gasteiger partial charge is 0.358 e. The van der Waals surface area contributed by atoms with Gasteiger partial charge in [-0.1, -0.05) is 18.2 Å². The molecule has 3 rings (SSSR count). The summed E-state index contributed by atoms with van der Waals surface area (Å²) in [7, 11) is 0. The predicted octanol–water partition coefficient (Wildman–Crippen LogP) is 2.77. The van der Waals surface area contributed by atoms with Crippen molar-refractivity contribution in [2.24, 2.45) is 0 Å². The Balaban J connectivity index is 1.84. The van der Waals surface area contributed by atoms with Gasteiger partial charge in [0.1, 0.15) is 12.5 Å². The summed E-state index contributed by atoms with van der Waals surface area (Å²) < 4.78 is 11.7. The molecule has 2 aliphatic rings. The maximum atomic E-state index is 5.83. The molecule has 0 bridgehead atoms. The maximum absolute atomic E-state index is 5.83. The van der Waals surface area contributed by atoms with Crippen molar-refractivity contribution in [2.75, 3.05) is 18.1 Å². The highest BCUT2D eigenvalue weighted by atomic mass is 16.5. The van der Waals surface area contributed by atoms with Gasteiger partial charge >= 0.3 is 0 Å². The van der Waals surface area contributed by atoms with Gasteiger partial charge in [-0.3, -0.25) is 0 Å². The molecule has 2 unspecified atom stereocenters. The summed E-state index contributed by atoms with van der Waals surface area (Å²) in [6.45, 7) is 1.75. The first-order chi connectivity index (χ1) is 8.45. The Hall–Kier alpha value is -1.06. The molecule has 0 radical (unpaired) electrons. The predicted molar refractivity (Wildman–Crippen MR) is 66.9 cm³/mol. The fraction of sp³-hybridized carbons (Fsp3) is 0.571. The van der Waals surface area contributed by atoms with Crippen LogP contribution in [0.15, 0.2) is 30.3 Å². The molecule has 3 heteroatoms. The Bertz CT molecular complexity index is 326. The first-order valence-electron chi connectivity index (χ1n) is 6.52. The summed E-state index contributed by atoms with van der Waals surface area (Å²) in [5.41, 5.74) is 1.21. The molecule has 2 fully saturated rings. The maximum Gasteiger partial charge on any atom is 0.132 e. The van der Waals surface area contributed by atoms with Gasteiger partial charge in [-0.25, -0.2) is 0 Å². The molecule has 2 aliphatic heterocycles. The lowest BCUT2D eigenvalue weighted by atomic mass is 10.2. The number of nitrogens with zero attached hydrogens (tertiary/aromatic N) is 1. The van der Waals surface area contributed by atoms with E-state index in [1.807, 2.05) is 6.07 Å². The molecule has 0 saturated carbocycles. The van der Waals surface area contributed by atoms with Gasteiger partial charge in [0.2, 0.25) is 0 Å². The van der Waals surface area contributed by atoms with E-state index >= 15 is 0 Å². The van der Waals surface area contributed by atoms with Crippen LogP contribution in [0.4, 0.5) is 5.69 Å². The second-order valence-electron chi connectivity index (χ2n) is 4.68. The first kappa shape index (κ1) is 11.1. The summed E-state index contributed by atoms with van der Waals surface area (Å²) in [4.78, 5) is 2.32. The standard InChI is InChI=1S/C14H19NO2/c1-2-6-12(7-3-1)15(13-8-4-10-16-13)14-9-5-11-17-14/h1-3,6-7,13-14H,4-5,8-11H2. The van der Waals surface area contributed by atoms with E-state index in [1.165, 1.54) is 5.69 Å². The van der Waals surface area contributed by atoms with Gasteiger partial charge in [-0.2, -0.15) is 0 Å². The van der Waals surface area contributed by atoms with E-state index in [0.717, 1.165) is 38.9 Å². The minimum absolute atomic E-state index is 0.195. The molecular formula is C14H19NO2. The van der Waals surface area contributed by atoms with Gasteiger partial charge in [0, 0.05) is 18.9 Å². The molecule has 0 amide bonds. The Labute approximate surface area is 102 Å². The van der Waals surface area contributed by atoms with Crippen molar-refractivity contribution in [2.45, 2.75) is 38.1 Å². The van der Waals surface area contributed by atoms with Crippen LogP contribution in [-0.2, 0) is 9.47 Å².